The van der Waals surface area contributed by atoms with Crippen LogP contribution in [0.2, 0.25) is 0 Å². The number of hydrogen-bond acceptors (Lipinski definition) is 4. The zero-order valence-electron chi connectivity index (χ0n) is 9.89. The van der Waals surface area contributed by atoms with Crippen molar-refractivity contribution in [3.8, 4) is 0 Å². The highest BCUT2D eigenvalue weighted by atomic mass is 32.1. The summed E-state index contributed by atoms with van der Waals surface area (Å²) in [6.45, 7) is 4.13. The molecule has 0 amide bonds. The Balaban J connectivity index is 1.76. The first kappa shape index (κ1) is 10.9. The quantitative estimate of drug-likeness (QED) is 0.907. The molecule has 1 atom stereocenters. The normalized spacial score (nSPS) is 21.1. The van der Waals surface area contributed by atoms with Gasteiger partial charge < -0.3 is 4.98 Å². The predicted molar refractivity (Wildman–Crippen MR) is 67.8 cm³/mol. The molecule has 0 aliphatic carbocycles. The minimum atomic E-state index is 0.436. The average molecular weight is 248 g/mol. The van der Waals surface area contributed by atoms with E-state index in [9.17, 15) is 0 Å². The summed E-state index contributed by atoms with van der Waals surface area (Å²) in [5.74, 6) is 1.11. The van der Waals surface area contributed by atoms with Gasteiger partial charge in [-0.1, -0.05) is 0 Å². The Morgan fingerprint density at radius 2 is 2.47 bits per heavy atom. The molecule has 2 aromatic heterocycles. The Labute approximate surface area is 105 Å². The molecule has 1 fully saturated rings. The standard InChI is InChI=1S/C12H16N4S/c1-9-5-13-12(15-9)11-3-2-4-16(11)6-10-7-17-8-14-10/h5,7-8,11H,2-4,6H2,1H3,(H,13,15)/t11-/m1/s1. The third-order valence-corrected chi connectivity index (χ3v) is 3.89. The number of aryl methyl sites for hydroxylation is 1. The summed E-state index contributed by atoms with van der Waals surface area (Å²) in [6, 6.07) is 0.436. The van der Waals surface area contributed by atoms with Crippen molar-refractivity contribution in [1.29, 1.82) is 0 Å². The first-order valence-electron chi connectivity index (χ1n) is 5.95. The second-order valence-corrected chi connectivity index (χ2v) is 5.28. The molecule has 0 spiro atoms. The second-order valence-electron chi connectivity index (χ2n) is 4.56. The van der Waals surface area contributed by atoms with Gasteiger partial charge in [0.25, 0.3) is 0 Å². The highest BCUT2D eigenvalue weighted by Gasteiger charge is 2.28. The van der Waals surface area contributed by atoms with E-state index in [1.54, 1.807) is 11.3 Å². The van der Waals surface area contributed by atoms with Crippen LogP contribution < -0.4 is 0 Å². The van der Waals surface area contributed by atoms with Gasteiger partial charge in [0.05, 0.1) is 17.2 Å². The maximum Gasteiger partial charge on any atom is 0.123 e. The molecule has 5 heteroatoms. The van der Waals surface area contributed by atoms with Gasteiger partial charge in [-0.2, -0.15) is 0 Å². The summed E-state index contributed by atoms with van der Waals surface area (Å²) in [5.41, 5.74) is 4.21. The molecule has 1 aliphatic heterocycles. The molecular weight excluding hydrogens is 232 g/mol. The van der Waals surface area contributed by atoms with Gasteiger partial charge in [0.15, 0.2) is 0 Å². The molecule has 0 aromatic carbocycles. The number of imidazole rings is 1. The van der Waals surface area contributed by atoms with Crippen molar-refractivity contribution in [3.05, 3.63) is 34.3 Å². The van der Waals surface area contributed by atoms with E-state index in [-0.39, 0.29) is 0 Å². The van der Waals surface area contributed by atoms with Crippen LogP contribution in [-0.4, -0.2) is 26.4 Å². The Kier molecular flexibility index (Phi) is 2.94. The van der Waals surface area contributed by atoms with E-state index in [0.29, 0.717) is 6.04 Å². The van der Waals surface area contributed by atoms with E-state index in [1.165, 1.54) is 18.5 Å². The topological polar surface area (TPSA) is 44.8 Å². The molecule has 0 radical (unpaired) electrons. The molecule has 1 N–H and O–H groups in total. The third-order valence-electron chi connectivity index (χ3n) is 3.25. The zero-order valence-corrected chi connectivity index (χ0v) is 10.7. The molecule has 0 bridgehead atoms. The number of aromatic amines is 1. The van der Waals surface area contributed by atoms with Gasteiger partial charge in [-0.05, 0) is 26.3 Å². The van der Waals surface area contributed by atoms with Crippen LogP contribution in [0.5, 0.6) is 0 Å². The van der Waals surface area contributed by atoms with Crippen molar-refractivity contribution in [3.63, 3.8) is 0 Å². The number of nitrogens with one attached hydrogen (secondary N) is 1. The van der Waals surface area contributed by atoms with E-state index in [4.69, 9.17) is 0 Å². The molecule has 17 heavy (non-hydrogen) atoms. The van der Waals surface area contributed by atoms with Crippen LogP contribution in [-0.2, 0) is 6.54 Å². The monoisotopic (exact) mass is 248 g/mol. The summed E-state index contributed by atoms with van der Waals surface area (Å²) < 4.78 is 0. The molecule has 90 valence electrons. The van der Waals surface area contributed by atoms with Gasteiger partial charge in [-0.15, -0.1) is 11.3 Å². The zero-order chi connectivity index (χ0) is 11.7. The highest BCUT2D eigenvalue weighted by Crippen LogP contribution is 2.31. The van der Waals surface area contributed by atoms with Crippen LogP contribution in [0, 0.1) is 6.92 Å². The number of hydrogen-bond donors (Lipinski definition) is 1. The molecule has 1 saturated heterocycles. The minimum absolute atomic E-state index is 0.436. The number of rotatable bonds is 3. The van der Waals surface area contributed by atoms with Crippen LogP contribution in [0.1, 0.15) is 36.1 Å². The summed E-state index contributed by atoms with van der Waals surface area (Å²) in [4.78, 5) is 14.6. The summed E-state index contributed by atoms with van der Waals surface area (Å²) in [7, 11) is 0. The Morgan fingerprint density at radius 3 is 3.18 bits per heavy atom. The number of thiazole rings is 1. The van der Waals surface area contributed by atoms with Gasteiger partial charge in [0, 0.05) is 23.8 Å². The first-order valence-corrected chi connectivity index (χ1v) is 6.90. The highest BCUT2D eigenvalue weighted by molar-refractivity contribution is 7.07. The number of likely N-dealkylation sites (tertiary alicyclic amines) is 1. The lowest BCUT2D eigenvalue weighted by Gasteiger charge is -2.21. The third kappa shape index (κ3) is 2.25. The van der Waals surface area contributed by atoms with E-state index in [0.717, 1.165) is 24.6 Å². The van der Waals surface area contributed by atoms with Crippen molar-refractivity contribution >= 4 is 11.3 Å². The first-order chi connectivity index (χ1) is 8.33. The van der Waals surface area contributed by atoms with Gasteiger partial charge in [0.1, 0.15) is 5.82 Å². The number of aromatic nitrogens is 3. The summed E-state index contributed by atoms with van der Waals surface area (Å²) in [5, 5.41) is 2.13. The van der Waals surface area contributed by atoms with Crippen LogP contribution in [0.3, 0.4) is 0 Å². The second kappa shape index (κ2) is 4.58. The fourth-order valence-corrected chi connectivity index (χ4v) is 3.00. The van der Waals surface area contributed by atoms with E-state index < -0.39 is 0 Å². The van der Waals surface area contributed by atoms with Crippen molar-refractivity contribution in [2.45, 2.75) is 32.4 Å². The average Bonchev–Trinajstić information content (AvgIpc) is 2.99. The van der Waals surface area contributed by atoms with Crippen LogP contribution in [0.25, 0.3) is 0 Å². The lowest BCUT2D eigenvalue weighted by Crippen LogP contribution is -2.23. The fraction of sp³-hybridized carbons (Fsp3) is 0.500. The van der Waals surface area contributed by atoms with E-state index >= 15 is 0 Å². The Hall–Kier alpha value is -1.20. The molecule has 1 aliphatic rings. The molecule has 4 nitrogen and oxygen atoms in total. The van der Waals surface area contributed by atoms with Crippen molar-refractivity contribution in [1.82, 2.24) is 19.9 Å². The van der Waals surface area contributed by atoms with Crippen LogP contribution >= 0.6 is 11.3 Å². The summed E-state index contributed by atoms with van der Waals surface area (Å²) >= 11 is 1.66. The maximum absolute atomic E-state index is 4.46. The van der Waals surface area contributed by atoms with Crippen molar-refractivity contribution < 1.29 is 0 Å². The van der Waals surface area contributed by atoms with Crippen LogP contribution in [0.15, 0.2) is 17.1 Å². The maximum atomic E-state index is 4.46. The van der Waals surface area contributed by atoms with Gasteiger partial charge in [-0.3, -0.25) is 4.90 Å². The van der Waals surface area contributed by atoms with Gasteiger partial charge in [-0.25, -0.2) is 9.97 Å². The SMILES string of the molecule is Cc1cnc([C@H]2CCCN2Cc2cscn2)[nH]1. The number of H-pyrrole nitrogens is 1. The van der Waals surface area contributed by atoms with E-state index in [2.05, 4.69) is 32.2 Å². The molecule has 3 rings (SSSR count). The largest absolute Gasteiger partial charge is 0.345 e. The number of nitrogens with zero attached hydrogens (tertiary/aromatic N) is 3. The molecule has 2 aromatic rings. The summed E-state index contributed by atoms with van der Waals surface area (Å²) in [6.07, 6.45) is 4.35. The van der Waals surface area contributed by atoms with Gasteiger partial charge in [0.2, 0.25) is 0 Å². The minimum Gasteiger partial charge on any atom is -0.345 e. The lowest BCUT2D eigenvalue weighted by atomic mass is 10.2. The Bertz CT molecular complexity index is 476. The van der Waals surface area contributed by atoms with E-state index in [1.807, 2.05) is 11.7 Å². The van der Waals surface area contributed by atoms with Crippen molar-refractivity contribution in [2.75, 3.05) is 6.54 Å². The Morgan fingerprint density at radius 1 is 1.53 bits per heavy atom. The molecule has 0 unspecified atom stereocenters. The lowest BCUT2D eigenvalue weighted by molar-refractivity contribution is 0.238. The molecule has 0 saturated carbocycles. The smallest absolute Gasteiger partial charge is 0.123 e. The molecular formula is C12H16N4S. The van der Waals surface area contributed by atoms with Gasteiger partial charge >= 0.3 is 0 Å². The fourth-order valence-electron chi connectivity index (χ4n) is 2.45. The van der Waals surface area contributed by atoms with Crippen LogP contribution in [0.4, 0.5) is 0 Å². The molecule has 3 heterocycles. The van der Waals surface area contributed by atoms with Crippen molar-refractivity contribution in [2.24, 2.45) is 0 Å². The predicted octanol–water partition coefficient (Wildman–Crippen LogP) is 2.51.